The predicted octanol–water partition coefficient (Wildman–Crippen LogP) is 3.83. The Morgan fingerprint density at radius 2 is 2.07 bits per heavy atom. The van der Waals surface area contributed by atoms with Crippen molar-refractivity contribution < 1.29 is 0 Å². The van der Waals surface area contributed by atoms with E-state index in [1.807, 2.05) is 12.1 Å². The van der Waals surface area contributed by atoms with Gasteiger partial charge in [0.1, 0.15) is 0 Å². The van der Waals surface area contributed by atoms with E-state index in [1.54, 1.807) is 0 Å². The monoisotopic (exact) mass is 221 g/mol. The van der Waals surface area contributed by atoms with Crippen LogP contribution in [0.15, 0.2) is 18.2 Å². The number of nitrogen functional groups attached to an aromatic ring is 1. The molecule has 0 amide bonds. The van der Waals surface area contributed by atoms with Gasteiger partial charge in [-0.1, -0.05) is 18.0 Å². The molecule has 3 atom stereocenters. The maximum absolute atomic E-state index is 6.04. The van der Waals surface area contributed by atoms with Crippen molar-refractivity contribution in [3.63, 3.8) is 0 Å². The fourth-order valence-corrected chi connectivity index (χ4v) is 3.67. The summed E-state index contributed by atoms with van der Waals surface area (Å²) in [5.41, 5.74) is 8.27. The van der Waals surface area contributed by atoms with Crippen LogP contribution < -0.4 is 5.73 Å². The van der Waals surface area contributed by atoms with Crippen LogP contribution in [0.2, 0.25) is 5.02 Å². The highest BCUT2D eigenvalue weighted by molar-refractivity contribution is 6.30. The summed E-state index contributed by atoms with van der Waals surface area (Å²) >= 11 is 6.04. The zero-order chi connectivity index (χ0) is 10.4. The van der Waals surface area contributed by atoms with Crippen molar-refractivity contribution in [2.45, 2.75) is 31.6 Å². The Kier molecular flexibility index (Phi) is 2.17. The molecule has 1 aromatic carbocycles. The molecule has 2 saturated carbocycles. The second-order valence-electron chi connectivity index (χ2n) is 5.05. The van der Waals surface area contributed by atoms with E-state index in [9.17, 15) is 0 Å². The fraction of sp³-hybridized carbons (Fsp3) is 0.538. The molecule has 2 fully saturated rings. The van der Waals surface area contributed by atoms with Gasteiger partial charge >= 0.3 is 0 Å². The number of halogens is 1. The second kappa shape index (κ2) is 3.41. The van der Waals surface area contributed by atoms with Gasteiger partial charge in [-0.3, -0.25) is 0 Å². The molecule has 3 rings (SSSR count). The van der Waals surface area contributed by atoms with Crippen molar-refractivity contribution in [3.8, 4) is 0 Å². The second-order valence-corrected chi connectivity index (χ2v) is 5.49. The van der Waals surface area contributed by atoms with E-state index in [2.05, 4.69) is 6.07 Å². The van der Waals surface area contributed by atoms with E-state index in [0.29, 0.717) is 5.92 Å². The fourth-order valence-electron chi connectivity index (χ4n) is 3.49. The van der Waals surface area contributed by atoms with Gasteiger partial charge < -0.3 is 5.73 Å². The molecule has 2 N–H and O–H groups in total. The van der Waals surface area contributed by atoms with E-state index >= 15 is 0 Å². The van der Waals surface area contributed by atoms with E-state index in [0.717, 1.165) is 22.5 Å². The van der Waals surface area contributed by atoms with Crippen molar-refractivity contribution in [3.05, 3.63) is 28.8 Å². The average molecular weight is 222 g/mol. The van der Waals surface area contributed by atoms with Gasteiger partial charge in [-0.2, -0.15) is 0 Å². The molecule has 0 heterocycles. The molecule has 2 aliphatic rings. The lowest BCUT2D eigenvalue weighted by Crippen LogP contribution is -2.10. The Morgan fingerprint density at radius 3 is 2.73 bits per heavy atom. The van der Waals surface area contributed by atoms with Gasteiger partial charge in [0.25, 0.3) is 0 Å². The number of anilines is 1. The van der Waals surface area contributed by atoms with Gasteiger partial charge in [0, 0.05) is 10.7 Å². The Morgan fingerprint density at radius 1 is 1.20 bits per heavy atom. The minimum atomic E-state index is 0.683. The first-order valence-electron chi connectivity index (χ1n) is 5.79. The number of benzene rings is 1. The molecule has 1 aromatic rings. The first kappa shape index (κ1) is 9.53. The molecule has 0 aliphatic heterocycles. The molecule has 80 valence electrons. The van der Waals surface area contributed by atoms with Crippen LogP contribution in [0.25, 0.3) is 0 Å². The Labute approximate surface area is 95.6 Å². The average Bonchev–Trinajstić information content (AvgIpc) is 2.83. The number of nitrogens with two attached hydrogens (primary N) is 1. The van der Waals surface area contributed by atoms with Crippen LogP contribution >= 0.6 is 11.6 Å². The highest BCUT2D eigenvalue weighted by Gasteiger charge is 2.40. The SMILES string of the molecule is Nc1ccc(Cl)cc1[C@H]1C[C@@H]2CC[C@H]1C2. The van der Waals surface area contributed by atoms with Crippen LogP contribution in [0.3, 0.4) is 0 Å². The summed E-state index contributed by atoms with van der Waals surface area (Å²) in [5.74, 6) is 2.51. The van der Waals surface area contributed by atoms with E-state index < -0.39 is 0 Å². The molecule has 0 radical (unpaired) electrons. The lowest BCUT2D eigenvalue weighted by molar-refractivity contribution is 0.421. The maximum Gasteiger partial charge on any atom is 0.0410 e. The zero-order valence-electron chi connectivity index (χ0n) is 8.75. The summed E-state index contributed by atoms with van der Waals surface area (Å²) in [5, 5.41) is 0.821. The molecule has 0 aromatic heterocycles. The van der Waals surface area contributed by atoms with E-state index in [1.165, 1.54) is 31.2 Å². The predicted molar refractivity (Wildman–Crippen MR) is 64.1 cm³/mol. The van der Waals surface area contributed by atoms with Crippen molar-refractivity contribution in [1.29, 1.82) is 0 Å². The highest BCUT2D eigenvalue weighted by Crippen LogP contribution is 2.53. The summed E-state index contributed by atoms with van der Waals surface area (Å²) < 4.78 is 0. The molecule has 2 bridgehead atoms. The smallest absolute Gasteiger partial charge is 0.0410 e. The topological polar surface area (TPSA) is 26.0 Å². The van der Waals surface area contributed by atoms with Gasteiger partial charge in [0.15, 0.2) is 0 Å². The molecular formula is C13H16ClN. The molecule has 0 spiro atoms. The third-order valence-electron chi connectivity index (χ3n) is 4.19. The van der Waals surface area contributed by atoms with Gasteiger partial charge in [-0.25, -0.2) is 0 Å². The van der Waals surface area contributed by atoms with Crippen LogP contribution in [0.1, 0.15) is 37.2 Å². The molecule has 0 unspecified atom stereocenters. The third-order valence-corrected chi connectivity index (χ3v) is 4.42. The van der Waals surface area contributed by atoms with Crippen LogP contribution in [-0.2, 0) is 0 Å². The van der Waals surface area contributed by atoms with Gasteiger partial charge in [-0.05, 0) is 60.8 Å². The lowest BCUT2D eigenvalue weighted by atomic mass is 9.83. The molecular weight excluding hydrogens is 206 g/mol. The summed E-state index contributed by atoms with van der Waals surface area (Å²) in [6.07, 6.45) is 5.56. The summed E-state index contributed by atoms with van der Waals surface area (Å²) in [6, 6.07) is 5.90. The van der Waals surface area contributed by atoms with E-state index in [4.69, 9.17) is 17.3 Å². The first-order valence-corrected chi connectivity index (χ1v) is 6.17. The number of hydrogen-bond donors (Lipinski definition) is 1. The summed E-state index contributed by atoms with van der Waals surface area (Å²) in [6.45, 7) is 0. The minimum absolute atomic E-state index is 0.683. The first-order chi connectivity index (χ1) is 7.24. The maximum atomic E-state index is 6.04. The van der Waals surface area contributed by atoms with Crippen LogP contribution in [-0.4, -0.2) is 0 Å². The lowest BCUT2D eigenvalue weighted by Gasteiger charge is -2.23. The molecule has 2 heteroatoms. The standard InChI is InChI=1S/C13H16ClN/c14-10-3-4-13(15)12(7-10)11-6-8-1-2-9(11)5-8/h3-4,7-9,11H,1-2,5-6,15H2/t8-,9+,11+/m1/s1. The number of fused-ring (bicyclic) bond motifs is 2. The van der Waals surface area contributed by atoms with Crippen molar-refractivity contribution in [2.24, 2.45) is 11.8 Å². The quantitative estimate of drug-likeness (QED) is 0.717. The van der Waals surface area contributed by atoms with Crippen molar-refractivity contribution in [1.82, 2.24) is 0 Å². The largest absolute Gasteiger partial charge is 0.398 e. The summed E-state index contributed by atoms with van der Waals surface area (Å²) in [7, 11) is 0. The summed E-state index contributed by atoms with van der Waals surface area (Å²) in [4.78, 5) is 0. The van der Waals surface area contributed by atoms with Crippen molar-refractivity contribution in [2.75, 3.05) is 5.73 Å². The molecule has 15 heavy (non-hydrogen) atoms. The Balaban J connectivity index is 1.96. The molecule has 0 saturated heterocycles. The highest BCUT2D eigenvalue weighted by atomic mass is 35.5. The third kappa shape index (κ3) is 1.53. The van der Waals surface area contributed by atoms with Gasteiger partial charge in [0.05, 0.1) is 0 Å². The van der Waals surface area contributed by atoms with E-state index in [-0.39, 0.29) is 0 Å². The van der Waals surface area contributed by atoms with Crippen LogP contribution in [0.5, 0.6) is 0 Å². The van der Waals surface area contributed by atoms with Crippen LogP contribution in [0.4, 0.5) is 5.69 Å². The van der Waals surface area contributed by atoms with Crippen LogP contribution in [0, 0.1) is 11.8 Å². The van der Waals surface area contributed by atoms with Gasteiger partial charge in [-0.15, -0.1) is 0 Å². The minimum Gasteiger partial charge on any atom is -0.398 e. The zero-order valence-corrected chi connectivity index (χ0v) is 9.50. The molecule has 2 aliphatic carbocycles. The molecule has 1 nitrogen and oxygen atoms in total. The van der Waals surface area contributed by atoms with Crippen molar-refractivity contribution >= 4 is 17.3 Å². The number of hydrogen-bond acceptors (Lipinski definition) is 1. The van der Waals surface area contributed by atoms with Gasteiger partial charge in [0.2, 0.25) is 0 Å². The number of rotatable bonds is 1. The normalized spacial score (nSPS) is 33.5. The Hall–Kier alpha value is -0.690. The Bertz CT molecular complexity index is 388.